The Labute approximate surface area is 364 Å². The number of halogens is 1. The van der Waals surface area contributed by atoms with Crippen molar-refractivity contribution in [2.45, 2.75) is 62.2 Å². The predicted molar refractivity (Wildman–Crippen MR) is 259 cm³/mol. The van der Waals surface area contributed by atoms with E-state index in [1.807, 2.05) is 6.07 Å². The first-order chi connectivity index (χ1) is 28.9. The molecule has 4 heteroatoms. The molecule has 60 heavy (non-hydrogen) atoms. The van der Waals surface area contributed by atoms with E-state index in [1.165, 1.54) is 37.8 Å². The second kappa shape index (κ2) is 15.9. The molecule has 1 aromatic heterocycles. The van der Waals surface area contributed by atoms with Crippen LogP contribution in [-0.2, 0) is 10.8 Å². The van der Waals surface area contributed by atoms with Gasteiger partial charge in [0, 0.05) is 53.8 Å². The number of fused-ring (bicyclic) bond motifs is 3. The van der Waals surface area contributed by atoms with Gasteiger partial charge in [-0.2, -0.15) is 0 Å². The third kappa shape index (κ3) is 7.76. The zero-order valence-electron chi connectivity index (χ0n) is 35.1. The van der Waals surface area contributed by atoms with Crippen molar-refractivity contribution in [2.75, 3.05) is 4.90 Å². The van der Waals surface area contributed by atoms with Crippen molar-refractivity contribution in [1.82, 2.24) is 4.57 Å². The number of aromatic nitrogens is 1. The number of nitrogens with zero attached hydrogens (tertiary/aromatic N) is 2. The normalized spacial score (nSPS) is 12.0. The fourth-order valence-electron chi connectivity index (χ4n) is 8.23. The highest BCUT2D eigenvalue weighted by Crippen LogP contribution is 2.50. The van der Waals surface area contributed by atoms with E-state index in [4.69, 9.17) is 11.6 Å². The standard InChI is InChI=1S/C56H49ClN2S/c1-55(2,3)40-31-45(37-47(32-40)60-46-26-18-25-44(36-46)59-52-29-15-13-27-48(52)49-28-14-16-30-53(49)59)58(43-24-17-23-42(57)35-43)54-50(38-19-9-7-10-20-38)33-41(56(4,5)6)34-51(54)39-21-11-8-12-22-39/h7-37H,1-6H3. The number of hydrogen-bond donors (Lipinski definition) is 0. The Hall–Kier alpha value is -6.00. The van der Waals surface area contributed by atoms with Crippen LogP contribution in [0.15, 0.2) is 198 Å². The molecule has 1 heterocycles. The van der Waals surface area contributed by atoms with Gasteiger partial charge in [0.2, 0.25) is 0 Å². The summed E-state index contributed by atoms with van der Waals surface area (Å²) in [5.74, 6) is 0. The largest absolute Gasteiger partial charge is 0.309 e. The minimum Gasteiger partial charge on any atom is -0.309 e. The van der Waals surface area contributed by atoms with E-state index in [9.17, 15) is 0 Å². The van der Waals surface area contributed by atoms with Gasteiger partial charge in [0.1, 0.15) is 0 Å². The van der Waals surface area contributed by atoms with E-state index in [1.54, 1.807) is 11.8 Å². The monoisotopic (exact) mass is 816 g/mol. The summed E-state index contributed by atoms with van der Waals surface area (Å²) in [6.45, 7) is 13.8. The van der Waals surface area contributed by atoms with Crippen LogP contribution in [0, 0.1) is 0 Å². The molecule has 9 rings (SSSR count). The summed E-state index contributed by atoms with van der Waals surface area (Å²) in [6, 6.07) is 68.2. The molecule has 0 aliphatic heterocycles. The maximum atomic E-state index is 6.90. The highest BCUT2D eigenvalue weighted by Gasteiger charge is 2.28. The smallest absolute Gasteiger partial charge is 0.0618 e. The second-order valence-electron chi connectivity index (χ2n) is 17.7. The highest BCUT2D eigenvalue weighted by molar-refractivity contribution is 7.99. The molecule has 0 radical (unpaired) electrons. The van der Waals surface area contributed by atoms with Gasteiger partial charge in [0.15, 0.2) is 0 Å². The molecule has 0 spiro atoms. The average molecular weight is 818 g/mol. The summed E-state index contributed by atoms with van der Waals surface area (Å²) in [4.78, 5) is 4.78. The minimum absolute atomic E-state index is 0.0871. The van der Waals surface area contributed by atoms with Gasteiger partial charge >= 0.3 is 0 Å². The molecular weight excluding hydrogens is 768 g/mol. The van der Waals surface area contributed by atoms with Gasteiger partial charge in [-0.3, -0.25) is 0 Å². The van der Waals surface area contributed by atoms with Crippen LogP contribution in [0.2, 0.25) is 5.02 Å². The summed E-state index contributed by atoms with van der Waals surface area (Å²) >= 11 is 8.71. The molecule has 0 aliphatic rings. The van der Waals surface area contributed by atoms with Crippen LogP contribution in [0.3, 0.4) is 0 Å². The number of para-hydroxylation sites is 2. The molecule has 296 valence electrons. The van der Waals surface area contributed by atoms with Gasteiger partial charge in [0.25, 0.3) is 0 Å². The van der Waals surface area contributed by atoms with Crippen molar-refractivity contribution in [3.05, 3.63) is 204 Å². The summed E-state index contributed by atoms with van der Waals surface area (Å²) in [6.07, 6.45) is 0. The molecule has 0 aliphatic carbocycles. The molecular formula is C56H49ClN2S. The van der Waals surface area contributed by atoms with Gasteiger partial charge in [-0.1, -0.05) is 174 Å². The molecule has 0 amide bonds. The average Bonchev–Trinajstić information content (AvgIpc) is 3.58. The van der Waals surface area contributed by atoms with E-state index >= 15 is 0 Å². The lowest BCUT2D eigenvalue weighted by molar-refractivity contribution is 0.588. The maximum absolute atomic E-state index is 6.90. The fourth-order valence-corrected chi connectivity index (χ4v) is 9.38. The third-order valence-electron chi connectivity index (χ3n) is 11.3. The fraction of sp³-hybridized carbons (Fsp3) is 0.143. The molecule has 0 bridgehead atoms. The molecule has 8 aromatic carbocycles. The van der Waals surface area contributed by atoms with Crippen molar-refractivity contribution >= 4 is 62.2 Å². The highest BCUT2D eigenvalue weighted by atomic mass is 35.5. The Morgan fingerprint density at radius 3 is 1.55 bits per heavy atom. The molecule has 0 saturated heterocycles. The first kappa shape index (κ1) is 39.5. The van der Waals surface area contributed by atoms with Crippen molar-refractivity contribution in [2.24, 2.45) is 0 Å². The van der Waals surface area contributed by atoms with Gasteiger partial charge in [0.05, 0.1) is 16.7 Å². The molecule has 0 unspecified atom stereocenters. The number of benzene rings is 8. The Kier molecular flexibility index (Phi) is 10.4. The van der Waals surface area contributed by atoms with Gasteiger partial charge in [-0.25, -0.2) is 0 Å². The molecule has 9 aromatic rings. The number of rotatable bonds is 8. The predicted octanol–water partition coefficient (Wildman–Crippen LogP) is 17.0. The van der Waals surface area contributed by atoms with E-state index in [0.717, 1.165) is 49.9 Å². The van der Waals surface area contributed by atoms with Crippen molar-refractivity contribution in [3.8, 4) is 27.9 Å². The van der Waals surface area contributed by atoms with E-state index < -0.39 is 0 Å². The van der Waals surface area contributed by atoms with Crippen molar-refractivity contribution in [3.63, 3.8) is 0 Å². The number of hydrogen-bond acceptors (Lipinski definition) is 2. The topological polar surface area (TPSA) is 8.17 Å². The minimum atomic E-state index is -0.128. The zero-order chi connectivity index (χ0) is 41.6. The van der Waals surface area contributed by atoms with E-state index in [2.05, 4.69) is 233 Å². The van der Waals surface area contributed by atoms with Crippen LogP contribution in [-0.4, -0.2) is 4.57 Å². The Morgan fingerprint density at radius 1 is 0.450 bits per heavy atom. The molecule has 0 saturated carbocycles. The van der Waals surface area contributed by atoms with Crippen LogP contribution in [0.1, 0.15) is 52.7 Å². The van der Waals surface area contributed by atoms with Gasteiger partial charge in [-0.05, 0) is 112 Å². The Balaban J connectivity index is 1.27. The first-order valence-electron chi connectivity index (χ1n) is 20.7. The lowest BCUT2D eigenvalue weighted by atomic mass is 9.81. The first-order valence-corrected chi connectivity index (χ1v) is 21.9. The van der Waals surface area contributed by atoms with Crippen molar-refractivity contribution in [1.29, 1.82) is 0 Å². The van der Waals surface area contributed by atoms with Crippen LogP contribution < -0.4 is 4.90 Å². The van der Waals surface area contributed by atoms with E-state index in [-0.39, 0.29) is 10.8 Å². The summed E-state index contributed by atoms with van der Waals surface area (Å²) in [5, 5.41) is 3.21. The van der Waals surface area contributed by atoms with Crippen molar-refractivity contribution < 1.29 is 0 Å². The molecule has 2 nitrogen and oxygen atoms in total. The summed E-state index contributed by atoms with van der Waals surface area (Å²) < 4.78 is 2.39. The Bertz CT molecular complexity index is 2870. The van der Waals surface area contributed by atoms with E-state index in [0.29, 0.717) is 5.02 Å². The summed E-state index contributed by atoms with van der Waals surface area (Å²) in [7, 11) is 0. The maximum Gasteiger partial charge on any atom is 0.0618 e. The van der Waals surface area contributed by atoms with Gasteiger partial charge in [-0.15, -0.1) is 0 Å². The zero-order valence-corrected chi connectivity index (χ0v) is 36.7. The van der Waals surface area contributed by atoms with Crippen LogP contribution in [0.25, 0.3) is 49.7 Å². The quantitative estimate of drug-likeness (QED) is 0.151. The van der Waals surface area contributed by atoms with Crippen LogP contribution >= 0.6 is 23.4 Å². The SMILES string of the molecule is CC(C)(C)c1cc(Sc2cccc(-n3c4ccccc4c4ccccc43)c2)cc(N(c2cccc(Cl)c2)c2c(-c3ccccc3)cc(C(C)(C)C)cc2-c2ccccc2)c1. The summed E-state index contributed by atoms with van der Waals surface area (Å²) in [5.41, 5.74) is 13.7. The lowest BCUT2D eigenvalue weighted by Gasteiger charge is -2.34. The Morgan fingerprint density at radius 2 is 0.983 bits per heavy atom. The molecule has 0 N–H and O–H groups in total. The van der Waals surface area contributed by atoms with Crippen LogP contribution in [0.5, 0.6) is 0 Å². The second-order valence-corrected chi connectivity index (χ2v) is 19.2. The third-order valence-corrected chi connectivity index (χ3v) is 12.5. The molecule has 0 fully saturated rings. The number of anilines is 3. The van der Waals surface area contributed by atoms with Gasteiger partial charge < -0.3 is 9.47 Å². The molecule has 0 atom stereocenters. The lowest BCUT2D eigenvalue weighted by Crippen LogP contribution is -2.18. The van der Waals surface area contributed by atoms with Crippen LogP contribution in [0.4, 0.5) is 17.1 Å².